The van der Waals surface area contributed by atoms with Gasteiger partial charge in [-0.3, -0.25) is 0 Å². The summed E-state index contributed by atoms with van der Waals surface area (Å²) in [5.74, 6) is 1.27. The van der Waals surface area contributed by atoms with Crippen LogP contribution in [0.25, 0.3) is 0 Å². The molecule has 3 saturated heterocycles. The van der Waals surface area contributed by atoms with Crippen molar-refractivity contribution in [2.75, 3.05) is 0 Å². The van der Waals surface area contributed by atoms with Gasteiger partial charge in [0, 0.05) is 121 Å². The number of fused-ring (bicyclic) bond motifs is 8. The van der Waals surface area contributed by atoms with E-state index in [1.165, 1.54) is 70.8 Å². The van der Waals surface area contributed by atoms with E-state index in [9.17, 15) is 51.9 Å². The number of nitrogens with zero attached hydrogens (tertiary/aromatic N) is 4. The Morgan fingerprint density at radius 1 is 0.281 bits per heavy atom. The summed E-state index contributed by atoms with van der Waals surface area (Å²) in [5, 5.41) is 17.1. The van der Waals surface area contributed by atoms with E-state index in [0.29, 0.717) is 47.8 Å². The lowest BCUT2D eigenvalue weighted by Crippen LogP contribution is -2.52. The van der Waals surface area contributed by atoms with Crippen molar-refractivity contribution in [3.63, 3.8) is 0 Å². The molecule has 5 aliphatic rings. The summed E-state index contributed by atoms with van der Waals surface area (Å²) in [5.41, 5.74) is 9.34. The fraction of sp³-hybridized carbons (Fsp3) is 0.333. The van der Waals surface area contributed by atoms with Gasteiger partial charge in [0.25, 0.3) is 0 Å². The third kappa shape index (κ3) is 19.4. The normalized spacial score (nSPS) is 24.4. The van der Waals surface area contributed by atoms with Crippen LogP contribution >= 0.6 is 0 Å². The van der Waals surface area contributed by atoms with Gasteiger partial charge < -0.3 is 39.5 Å². The summed E-state index contributed by atoms with van der Waals surface area (Å²) in [7, 11) is -8.61. The van der Waals surface area contributed by atoms with Crippen LogP contribution in [-0.2, 0) is 68.7 Å². The van der Waals surface area contributed by atoms with Crippen molar-refractivity contribution in [3.8, 4) is 0 Å². The Kier molecular flexibility index (Phi) is 23.7. The predicted octanol–water partition coefficient (Wildman–Crippen LogP) is 6.06. The van der Waals surface area contributed by atoms with Crippen LogP contribution in [0.2, 0.25) is 0 Å². The number of nitrogens with one attached hydrogen (secondary N) is 4. The van der Waals surface area contributed by atoms with Gasteiger partial charge in [0.2, 0.25) is 0 Å². The molecule has 20 nitrogen and oxygen atoms in total. The molecule has 0 amide bonds. The third-order valence-electron chi connectivity index (χ3n) is 18.3. The van der Waals surface area contributed by atoms with Gasteiger partial charge in [0.1, 0.15) is 68.7 Å². The van der Waals surface area contributed by atoms with Crippen LogP contribution in [0.5, 0.6) is 0 Å². The maximum absolute atomic E-state index is 10.4. The van der Waals surface area contributed by atoms with Crippen molar-refractivity contribution in [2.24, 2.45) is 28.2 Å². The molecule has 12 atom stereocenters. The minimum absolute atomic E-state index is 0.178. The Bertz CT molecular complexity index is 3870. The second-order valence-electron chi connectivity index (χ2n) is 25.5. The van der Waals surface area contributed by atoms with Crippen LogP contribution in [0.4, 0.5) is 0 Å². The Morgan fingerprint density at radius 3 is 0.604 bits per heavy atom. The molecule has 0 saturated carbocycles. The molecule has 508 valence electrons. The van der Waals surface area contributed by atoms with E-state index in [2.05, 4.69) is 190 Å². The van der Waals surface area contributed by atoms with Crippen molar-refractivity contribution in [1.29, 1.82) is 0 Å². The second-order valence-corrected chi connectivity index (χ2v) is 31.0. The first-order valence-electron chi connectivity index (χ1n) is 31.7. The number of hydrogen-bond donors (Lipinski definition) is 4. The van der Waals surface area contributed by atoms with Crippen LogP contribution in [0.1, 0.15) is 93.9 Å². The van der Waals surface area contributed by atoms with Crippen LogP contribution in [0.15, 0.2) is 239 Å². The summed E-state index contributed by atoms with van der Waals surface area (Å²) >= 11 is 0. The van der Waals surface area contributed by atoms with E-state index in [1.54, 1.807) is 48.5 Å². The summed E-state index contributed by atoms with van der Waals surface area (Å²) < 4.78 is 133. The number of hydrogen-bond acceptors (Lipinski definition) is 16. The molecule has 8 bridgehead atoms. The minimum Gasteiger partial charge on any atom is -0.744 e. The maximum Gasteiger partial charge on any atom is 0.168 e. The average Bonchev–Trinajstić information content (AvgIpc) is 1.61. The van der Waals surface area contributed by atoms with Crippen LogP contribution < -0.4 is 39.5 Å². The van der Waals surface area contributed by atoms with Gasteiger partial charge in [-0.1, -0.05) is 95.1 Å². The van der Waals surface area contributed by atoms with E-state index < -0.39 is 40.5 Å². The summed E-state index contributed by atoms with van der Waals surface area (Å²) in [4.78, 5) is -0.711. The fourth-order valence-corrected chi connectivity index (χ4v) is 15.2. The number of rotatable bonds is 8. The van der Waals surface area contributed by atoms with Crippen molar-refractivity contribution in [3.05, 3.63) is 264 Å². The van der Waals surface area contributed by atoms with Gasteiger partial charge in [-0.15, -0.1) is 0 Å². The van der Waals surface area contributed by atoms with Crippen LogP contribution in [-0.4, -0.2) is 100 Å². The fourth-order valence-electron chi connectivity index (χ4n) is 13.3. The molecule has 96 heavy (non-hydrogen) atoms. The zero-order valence-corrected chi connectivity index (χ0v) is 58.1. The molecule has 24 heteroatoms. The highest BCUT2D eigenvalue weighted by molar-refractivity contribution is 7.86. The first-order valence-corrected chi connectivity index (χ1v) is 37.3. The topological polar surface area (TPSA) is 292 Å². The second kappa shape index (κ2) is 31.3. The Hall–Kier alpha value is -7.56. The molecule has 8 aromatic rings. The summed E-state index contributed by atoms with van der Waals surface area (Å²) in [6, 6.07) is 44.3. The highest BCUT2D eigenvalue weighted by Gasteiger charge is 2.47. The molecule has 13 rings (SSSR count). The van der Waals surface area contributed by atoms with Gasteiger partial charge in [-0.25, -0.2) is 51.9 Å². The highest BCUT2D eigenvalue weighted by atomic mass is 32.2. The molecule has 5 aliphatic heterocycles. The van der Waals surface area contributed by atoms with Gasteiger partial charge in [-0.05, 0) is 124 Å². The smallest absolute Gasteiger partial charge is 0.168 e. The van der Waals surface area contributed by atoms with E-state index in [-0.39, 0.29) is 43.7 Å². The summed E-state index contributed by atoms with van der Waals surface area (Å²) in [6.07, 6.45) is 32.4. The molecule has 4 aromatic heterocycles. The maximum atomic E-state index is 10.4. The number of pyridine rings is 4. The molecule has 0 spiro atoms. The van der Waals surface area contributed by atoms with E-state index >= 15 is 0 Å². The molecule has 4 N–H and O–H groups in total. The minimum atomic E-state index is -4.27. The van der Waals surface area contributed by atoms with Crippen LogP contribution in [0.3, 0.4) is 0 Å². The molecular formula is C72H84N8O12S4. The van der Waals surface area contributed by atoms with Crippen molar-refractivity contribution in [2.45, 2.75) is 145 Å². The lowest BCUT2D eigenvalue weighted by atomic mass is 9.83. The van der Waals surface area contributed by atoms with Gasteiger partial charge in [-0.2, -0.15) is 0 Å². The predicted molar refractivity (Wildman–Crippen MR) is 358 cm³/mol. The largest absolute Gasteiger partial charge is 0.744 e. The molecule has 0 radical (unpaired) electrons. The number of benzene rings is 4. The van der Waals surface area contributed by atoms with Gasteiger partial charge in [0.05, 0.1) is 19.6 Å². The quantitative estimate of drug-likeness (QED) is 0.0763. The first-order chi connectivity index (χ1) is 45.4. The Balaban J connectivity index is 0.000000196. The van der Waals surface area contributed by atoms with Crippen molar-refractivity contribution >= 4 is 40.5 Å². The molecular weight excluding hydrogens is 1300 g/mol. The van der Waals surface area contributed by atoms with Gasteiger partial charge in [0.15, 0.2) is 49.6 Å². The molecule has 4 aromatic carbocycles. The standard InChI is InChI=1S/C44H56N8.4C7H8O3S/c1-49-21-13-29(14-22-49)41-33-5-7-35(45-33)42(30-15-23-50(2)24-16-30)37-9-11-39(47-37)44(32-19-27-52(4)28-20-32)40-12-10-38(48-40)43(36-8-6-34(41)46-36)31-17-25-51(3)26-18-31;4*1-6-2-4-7(5-3-6)11(8,9)10/h5,7,10,12-28,33-48H,6,8-9,11H2,1-4H3;4*2-5H,1H3,(H,8,9,10)/q+4;;;;/p-4. The lowest BCUT2D eigenvalue weighted by Gasteiger charge is -2.37. The summed E-state index contributed by atoms with van der Waals surface area (Å²) in [6.45, 7) is 7.28. The Morgan fingerprint density at radius 2 is 0.448 bits per heavy atom. The first kappa shape index (κ1) is 72.7. The molecule has 9 heterocycles. The Labute approximate surface area is 565 Å². The zero-order valence-electron chi connectivity index (χ0n) is 54.9. The van der Waals surface area contributed by atoms with E-state index in [0.717, 1.165) is 47.9 Å². The van der Waals surface area contributed by atoms with Gasteiger partial charge >= 0.3 is 0 Å². The molecule has 3 fully saturated rings. The molecule has 12 unspecified atom stereocenters. The number of aromatic nitrogens is 4. The highest BCUT2D eigenvalue weighted by Crippen LogP contribution is 2.43. The average molecular weight is 1380 g/mol. The van der Waals surface area contributed by atoms with E-state index in [1.807, 2.05) is 27.7 Å². The van der Waals surface area contributed by atoms with Crippen molar-refractivity contribution in [1.82, 2.24) is 21.3 Å². The number of aryl methyl sites for hydroxylation is 8. The monoisotopic (exact) mass is 1380 g/mol. The lowest BCUT2D eigenvalue weighted by molar-refractivity contribution is -0.671. The SMILES string of the molecule is C[n+]1ccc(C2C3C=CC(N3)C(c3cc[n+](C)cc3)C3CCC(N3)C(c3cc[n+](C)cc3)C3C=CC(N3)C(c3cc[n+](C)cc3)C3CCC2N3)cc1.Cc1ccc(S(=O)(=O)[O-])cc1.Cc1ccc(S(=O)(=O)[O-])cc1.Cc1ccc(S(=O)(=O)[O-])cc1.Cc1ccc(S(=O)(=O)[O-])cc1. The van der Waals surface area contributed by atoms with Crippen LogP contribution in [0, 0.1) is 27.7 Å². The molecule has 0 aliphatic carbocycles. The van der Waals surface area contributed by atoms with Crippen molar-refractivity contribution < 1.29 is 70.2 Å². The third-order valence-corrected chi connectivity index (χ3v) is 21.7. The zero-order chi connectivity index (χ0) is 69.3. The van der Waals surface area contributed by atoms with E-state index in [4.69, 9.17) is 0 Å².